The van der Waals surface area contributed by atoms with Crippen molar-refractivity contribution in [3.8, 4) is 0 Å². The monoisotopic (exact) mass is 261 g/mol. The number of imidazole rings is 1. The molecule has 104 valence electrons. The molecule has 0 fully saturated rings. The van der Waals surface area contributed by atoms with E-state index in [0.717, 1.165) is 30.4 Å². The minimum absolute atomic E-state index is 0.861. The van der Waals surface area contributed by atoms with E-state index in [1.54, 1.807) is 6.20 Å². The molecular weight excluding hydrogens is 238 g/mol. The van der Waals surface area contributed by atoms with Crippen LogP contribution in [0.4, 0.5) is 11.6 Å². The SMILES string of the molecule is CCCCCCNc1nc(NCC)cn2ccnc12. The molecule has 5 nitrogen and oxygen atoms in total. The van der Waals surface area contributed by atoms with Gasteiger partial charge in [-0.25, -0.2) is 9.97 Å². The maximum Gasteiger partial charge on any atom is 0.180 e. The van der Waals surface area contributed by atoms with Crippen molar-refractivity contribution in [1.29, 1.82) is 0 Å². The molecule has 0 aliphatic rings. The van der Waals surface area contributed by atoms with Crippen LogP contribution in [-0.2, 0) is 0 Å². The first-order chi connectivity index (χ1) is 9.35. The number of nitrogens with zero attached hydrogens (tertiary/aromatic N) is 3. The van der Waals surface area contributed by atoms with Gasteiger partial charge in [-0.1, -0.05) is 26.2 Å². The zero-order valence-corrected chi connectivity index (χ0v) is 11.8. The zero-order chi connectivity index (χ0) is 13.5. The lowest BCUT2D eigenvalue weighted by Crippen LogP contribution is -2.08. The Morgan fingerprint density at radius 2 is 2.05 bits per heavy atom. The van der Waals surface area contributed by atoms with Gasteiger partial charge in [-0.05, 0) is 13.3 Å². The molecular formula is C14H23N5. The average molecular weight is 261 g/mol. The highest BCUT2D eigenvalue weighted by molar-refractivity contribution is 5.65. The van der Waals surface area contributed by atoms with E-state index in [0.29, 0.717) is 0 Å². The van der Waals surface area contributed by atoms with Gasteiger partial charge in [0.1, 0.15) is 5.82 Å². The number of unbranched alkanes of at least 4 members (excludes halogenated alkanes) is 3. The van der Waals surface area contributed by atoms with Crippen LogP contribution in [0.1, 0.15) is 39.5 Å². The number of hydrogen-bond donors (Lipinski definition) is 2. The Morgan fingerprint density at radius 3 is 2.84 bits per heavy atom. The second-order valence-corrected chi connectivity index (χ2v) is 4.65. The summed E-state index contributed by atoms with van der Waals surface area (Å²) in [5.74, 6) is 1.74. The predicted molar refractivity (Wildman–Crippen MR) is 79.8 cm³/mol. The Morgan fingerprint density at radius 1 is 1.16 bits per heavy atom. The van der Waals surface area contributed by atoms with E-state index in [4.69, 9.17) is 0 Å². The summed E-state index contributed by atoms with van der Waals surface area (Å²) in [6.45, 7) is 6.11. The molecule has 0 bridgehead atoms. The lowest BCUT2D eigenvalue weighted by atomic mass is 10.2. The molecule has 2 rings (SSSR count). The van der Waals surface area contributed by atoms with Crippen LogP contribution in [0.25, 0.3) is 5.65 Å². The molecule has 19 heavy (non-hydrogen) atoms. The van der Waals surface area contributed by atoms with Gasteiger partial charge in [0, 0.05) is 25.5 Å². The molecule has 0 atom stereocenters. The van der Waals surface area contributed by atoms with Gasteiger partial charge in [0.05, 0.1) is 6.20 Å². The third kappa shape index (κ3) is 3.59. The highest BCUT2D eigenvalue weighted by Gasteiger charge is 2.06. The van der Waals surface area contributed by atoms with Crippen molar-refractivity contribution in [3.63, 3.8) is 0 Å². The highest BCUT2D eigenvalue weighted by Crippen LogP contribution is 2.16. The maximum absolute atomic E-state index is 4.58. The lowest BCUT2D eigenvalue weighted by molar-refractivity contribution is 0.684. The molecule has 2 N–H and O–H groups in total. The van der Waals surface area contributed by atoms with Crippen LogP contribution in [0.2, 0.25) is 0 Å². The van der Waals surface area contributed by atoms with Gasteiger partial charge in [-0.3, -0.25) is 0 Å². The number of anilines is 2. The molecule has 0 radical (unpaired) electrons. The summed E-state index contributed by atoms with van der Waals surface area (Å²) < 4.78 is 2.00. The average Bonchev–Trinajstić information content (AvgIpc) is 2.87. The molecule has 0 spiro atoms. The van der Waals surface area contributed by atoms with Crippen molar-refractivity contribution < 1.29 is 0 Å². The minimum Gasteiger partial charge on any atom is -0.369 e. The predicted octanol–water partition coefficient (Wildman–Crippen LogP) is 3.15. The summed E-state index contributed by atoms with van der Waals surface area (Å²) in [5.41, 5.74) is 0.886. The topological polar surface area (TPSA) is 54.2 Å². The van der Waals surface area contributed by atoms with Crippen molar-refractivity contribution in [1.82, 2.24) is 14.4 Å². The molecule has 0 aliphatic heterocycles. The summed E-state index contributed by atoms with van der Waals surface area (Å²) >= 11 is 0. The van der Waals surface area contributed by atoms with E-state index >= 15 is 0 Å². The van der Waals surface area contributed by atoms with Crippen LogP contribution in [0.15, 0.2) is 18.6 Å². The van der Waals surface area contributed by atoms with Gasteiger partial charge in [0.25, 0.3) is 0 Å². The van der Waals surface area contributed by atoms with Crippen molar-refractivity contribution in [2.24, 2.45) is 0 Å². The van der Waals surface area contributed by atoms with E-state index in [-0.39, 0.29) is 0 Å². The molecule has 0 unspecified atom stereocenters. The Labute approximate surface area is 114 Å². The van der Waals surface area contributed by atoms with Crippen LogP contribution in [-0.4, -0.2) is 27.5 Å². The van der Waals surface area contributed by atoms with Crippen LogP contribution in [0.3, 0.4) is 0 Å². The van der Waals surface area contributed by atoms with E-state index in [2.05, 4.69) is 34.4 Å². The number of rotatable bonds is 8. The Hall–Kier alpha value is -1.78. The molecule has 0 amide bonds. The van der Waals surface area contributed by atoms with E-state index in [9.17, 15) is 0 Å². The van der Waals surface area contributed by atoms with Gasteiger partial charge in [0.15, 0.2) is 11.5 Å². The third-order valence-electron chi connectivity index (χ3n) is 3.05. The second kappa shape index (κ2) is 6.97. The van der Waals surface area contributed by atoms with Crippen molar-refractivity contribution in [2.75, 3.05) is 23.7 Å². The van der Waals surface area contributed by atoms with Gasteiger partial charge in [-0.15, -0.1) is 0 Å². The lowest BCUT2D eigenvalue weighted by Gasteiger charge is -2.10. The molecule has 0 aromatic carbocycles. The third-order valence-corrected chi connectivity index (χ3v) is 3.05. The summed E-state index contributed by atoms with van der Waals surface area (Å²) in [4.78, 5) is 8.92. The Kier molecular flexibility index (Phi) is 5.01. The Balaban J connectivity index is 2.04. The molecule has 2 heterocycles. The van der Waals surface area contributed by atoms with Crippen molar-refractivity contribution in [3.05, 3.63) is 18.6 Å². The summed E-state index contributed by atoms with van der Waals surface area (Å²) in [6.07, 6.45) is 10.7. The van der Waals surface area contributed by atoms with Crippen molar-refractivity contribution in [2.45, 2.75) is 39.5 Å². The zero-order valence-electron chi connectivity index (χ0n) is 11.8. The smallest absolute Gasteiger partial charge is 0.180 e. The van der Waals surface area contributed by atoms with Crippen LogP contribution in [0, 0.1) is 0 Å². The van der Waals surface area contributed by atoms with E-state index < -0.39 is 0 Å². The minimum atomic E-state index is 0.861. The Bertz CT molecular complexity index is 506. The first-order valence-corrected chi connectivity index (χ1v) is 7.16. The molecule has 0 saturated carbocycles. The van der Waals surface area contributed by atoms with Gasteiger partial charge >= 0.3 is 0 Å². The normalized spacial score (nSPS) is 10.8. The van der Waals surface area contributed by atoms with Gasteiger partial charge in [0.2, 0.25) is 0 Å². The first kappa shape index (κ1) is 13.6. The highest BCUT2D eigenvalue weighted by atomic mass is 15.1. The van der Waals surface area contributed by atoms with Crippen molar-refractivity contribution >= 4 is 17.3 Å². The molecule has 0 aliphatic carbocycles. The molecule has 2 aromatic rings. The number of aromatic nitrogens is 3. The van der Waals surface area contributed by atoms with Crippen LogP contribution < -0.4 is 10.6 Å². The maximum atomic E-state index is 4.58. The molecule has 0 saturated heterocycles. The van der Waals surface area contributed by atoms with Gasteiger partial charge in [-0.2, -0.15) is 0 Å². The molecule has 2 aromatic heterocycles. The summed E-state index contributed by atoms with van der Waals surface area (Å²) in [5, 5.41) is 6.64. The van der Waals surface area contributed by atoms with Gasteiger partial charge < -0.3 is 15.0 Å². The number of nitrogens with one attached hydrogen (secondary N) is 2. The van der Waals surface area contributed by atoms with Crippen LogP contribution in [0.5, 0.6) is 0 Å². The number of fused-ring (bicyclic) bond motifs is 1. The standard InChI is InChI=1S/C14H23N5/c1-3-5-6-7-8-16-13-14-17-9-10-19(14)11-12(18-13)15-4-2/h9-11,15H,3-8H2,1-2H3,(H,16,18). The quantitative estimate of drug-likeness (QED) is 0.717. The van der Waals surface area contributed by atoms with E-state index in [1.807, 2.05) is 16.8 Å². The fourth-order valence-electron chi connectivity index (χ4n) is 2.08. The van der Waals surface area contributed by atoms with Crippen LogP contribution >= 0.6 is 0 Å². The molecule has 5 heteroatoms. The fourth-order valence-corrected chi connectivity index (χ4v) is 2.08. The largest absolute Gasteiger partial charge is 0.369 e. The second-order valence-electron chi connectivity index (χ2n) is 4.65. The fraction of sp³-hybridized carbons (Fsp3) is 0.571. The summed E-state index contributed by atoms with van der Waals surface area (Å²) in [6, 6.07) is 0. The number of hydrogen-bond acceptors (Lipinski definition) is 4. The first-order valence-electron chi connectivity index (χ1n) is 7.16. The van der Waals surface area contributed by atoms with E-state index in [1.165, 1.54) is 25.7 Å². The summed E-state index contributed by atoms with van der Waals surface area (Å²) in [7, 11) is 0.